The molecule has 5 heteroatoms. The first-order valence-corrected chi connectivity index (χ1v) is 3.09. The van der Waals surface area contributed by atoms with Gasteiger partial charge < -0.3 is 0 Å². The maximum Gasteiger partial charge on any atom is 0.173 e. The van der Waals surface area contributed by atoms with E-state index in [4.69, 9.17) is 0 Å². The molecule has 0 radical (unpaired) electrons. The van der Waals surface area contributed by atoms with E-state index in [0.29, 0.717) is 5.82 Å². The monoisotopic (exact) mass is 147 g/mol. The van der Waals surface area contributed by atoms with E-state index in [2.05, 4.69) is 20.3 Å². The Hall–Kier alpha value is -1.78. The Morgan fingerprint density at radius 3 is 2.82 bits per heavy atom. The molecule has 2 rings (SSSR count). The predicted molar refractivity (Wildman–Crippen MR) is 36.9 cm³/mol. The molecular weight excluding hydrogens is 142 g/mol. The lowest BCUT2D eigenvalue weighted by Crippen LogP contribution is -1.97. The SMILES string of the molecule is c1cnc(-n2ccnn2)cn1. The van der Waals surface area contributed by atoms with Gasteiger partial charge in [0, 0.05) is 12.4 Å². The summed E-state index contributed by atoms with van der Waals surface area (Å²) in [5.41, 5.74) is 0. The Kier molecular flexibility index (Phi) is 1.33. The van der Waals surface area contributed by atoms with Crippen molar-refractivity contribution in [2.45, 2.75) is 0 Å². The second-order valence-corrected chi connectivity index (χ2v) is 1.91. The Morgan fingerprint density at radius 2 is 2.18 bits per heavy atom. The topological polar surface area (TPSA) is 56.5 Å². The number of nitrogens with zero attached hydrogens (tertiary/aromatic N) is 5. The lowest BCUT2D eigenvalue weighted by molar-refractivity contribution is 0.776. The molecule has 0 aliphatic carbocycles. The second-order valence-electron chi connectivity index (χ2n) is 1.91. The van der Waals surface area contributed by atoms with Crippen molar-refractivity contribution in [2.24, 2.45) is 0 Å². The summed E-state index contributed by atoms with van der Waals surface area (Å²) in [7, 11) is 0. The minimum absolute atomic E-state index is 0.671. The van der Waals surface area contributed by atoms with Gasteiger partial charge in [-0.2, -0.15) is 0 Å². The highest BCUT2D eigenvalue weighted by atomic mass is 15.4. The third kappa shape index (κ3) is 1.07. The molecule has 5 nitrogen and oxygen atoms in total. The first kappa shape index (κ1) is 5.96. The summed E-state index contributed by atoms with van der Waals surface area (Å²) < 4.78 is 1.55. The summed E-state index contributed by atoms with van der Waals surface area (Å²) in [6.07, 6.45) is 8.14. The Labute approximate surface area is 62.7 Å². The zero-order chi connectivity index (χ0) is 7.52. The van der Waals surface area contributed by atoms with E-state index < -0.39 is 0 Å². The largest absolute Gasteiger partial charge is 0.259 e. The third-order valence-corrected chi connectivity index (χ3v) is 1.21. The maximum atomic E-state index is 4.02. The molecule has 0 bridgehead atoms. The predicted octanol–water partition coefficient (Wildman–Crippen LogP) is 0.0573. The van der Waals surface area contributed by atoms with Gasteiger partial charge >= 0.3 is 0 Å². The number of rotatable bonds is 1. The third-order valence-electron chi connectivity index (χ3n) is 1.21. The van der Waals surface area contributed by atoms with E-state index in [1.165, 1.54) is 0 Å². The van der Waals surface area contributed by atoms with Crippen molar-refractivity contribution < 1.29 is 0 Å². The van der Waals surface area contributed by atoms with Crippen LogP contribution in [0, 0.1) is 0 Å². The summed E-state index contributed by atoms with van der Waals surface area (Å²) in [5, 5.41) is 7.39. The molecule has 2 aromatic heterocycles. The first-order valence-electron chi connectivity index (χ1n) is 3.09. The normalized spacial score (nSPS) is 9.82. The zero-order valence-electron chi connectivity index (χ0n) is 5.62. The molecule has 0 aliphatic rings. The van der Waals surface area contributed by atoms with E-state index in [0.717, 1.165) is 0 Å². The van der Waals surface area contributed by atoms with Crippen LogP contribution in [0.5, 0.6) is 0 Å². The molecule has 0 saturated heterocycles. The molecule has 0 fully saturated rings. The average Bonchev–Trinajstić information content (AvgIpc) is 2.58. The van der Waals surface area contributed by atoms with Gasteiger partial charge in [0.2, 0.25) is 0 Å². The van der Waals surface area contributed by atoms with Crippen molar-refractivity contribution in [3.05, 3.63) is 31.0 Å². The van der Waals surface area contributed by atoms with Gasteiger partial charge in [-0.05, 0) is 0 Å². The molecular formula is C6H5N5. The lowest BCUT2D eigenvalue weighted by Gasteiger charge is -1.94. The molecule has 0 atom stereocenters. The molecule has 0 aromatic carbocycles. The van der Waals surface area contributed by atoms with E-state index in [9.17, 15) is 0 Å². The van der Waals surface area contributed by atoms with Crippen LogP contribution < -0.4 is 0 Å². The van der Waals surface area contributed by atoms with Gasteiger partial charge in [0.25, 0.3) is 0 Å². The van der Waals surface area contributed by atoms with Crippen molar-refractivity contribution in [3.63, 3.8) is 0 Å². The van der Waals surface area contributed by atoms with E-state index >= 15 is 0 Å². The highest BCUT2D eigenvalue weighted by Crippen LogP contribution is 1.94. The molecule has 2 heterocycles. The highest BCUT2D eigenvalue weighted by molar-refractivity contribution is 5.13. The van der Waals surface area contributed by atoms with Crippen LogP contribution in [0.3, 0.4) is 0 Å². The molecule has 2 aromatic rings. The fourth-order valence-corrected chi connectivity index (χ4v) is 0.740. The molecule has 0 spiro atoms. The van der Waals surface area contributed by atoms with Gasteiger partial charge in [0.05, 0.1) is 18.6 Å². The van der Waals surface area contributed by atoms with Crippen LogP contribution in [-0.4, -0.2) is 25.0 Å². The van der Waals surface area contributed by atoms with Gasteiger partial charge in [0.1, 0.15) is 0 Å². The Bertz CT molecular complexity index is 314. The molecule has 0 aliphatic heterocycles. The summed E-state index contributed by atoms with van der Waals surface area (Å²) in [6.45, 7) is 0. The van der Waals surface area contributed by atoms with Crippen molar-refractivity contribution in [1.29, 1.82) is 0 Å². The van der Waals surface area contributed by atoms with Crippen LogP contribution in [0.2, 0.25) is 0 Å². The molecule has 0 saturated carbocycles. The maximum absolute atomic E-state index is 4.02. The molecule has 0 unspecified atom stereocenters. The fourth-order valence-electron chi connectivity index (χ4n) is 0.740. The van der Waals surface area contributed by atoms with Crippen LogP contribution in [0.4, 0.5) is 0 Å². The van der Waals surface area contributed by atoms with Gasteiger partial charge in [-0.1, -0.05) is 5.21 Å². The standard InChI is InChI=1S/C6H5N5/c1-2-8-6(5-7-1)11-4-3-9-10-11/h1-5H. The molecule has 0 N–H and O–H groups in total. The van der Waals surface area contributed by atoms with Crippen LogP contribution in [0.15, 0.2) is 31.0 Å². The van der Waals surface area contributed by atoms with Crippen LogP contribution >= 0.6 is 0 Å². The van der Waals surface area contributed by atoms with Gasteiger partial charge in [-0.15, -0.1) is 5.10 Å². The number of aromatic nitrogens is 5. The van der Waals surface area contributed by atoms with Crippen molar-refractivity contribution >= 4 is 0 Å². The summed E-state index contributed by atoms with van der Waals surface area (Å²) in [4.78, 5) is 7.91. The van der Waals surface area contributed by atoms with E-state index in [1.54, 1.807) is 35.7 Å². The molecule has 0 amide bonds. The average molecular weight is 147 g/mol. The minimum atomic E-state index is 0.671. The molecule has 54 valence electrons. The van der Waals surface area contributed by atoms with Crippen molar-refractivity contribution in [3.8, 4) is 5.82 Å². The van der Waals surface area contributed by atoms with Gasteiger partial charge in [0.15, 0.2) is 5.82 Å². The first-order chi connectivity index (χ1) is 5.47. The number of hydrogen-bond acceptors (Lipinski definition) is 4. The van der Waals surface area contributed by atoms with Crippen molar-refractivity contribution in [1.82, 2.24) is 25.0 Å². The quantitative estimate of drug-likeness (QED) is 0.572. The smallest absolute Gasteiger partial charge is 0.173 e. The van der Waals surface area contributed by atoms with Gasteiger partial charge in [-0.3, -0.25) is 4.98 Å². The van der Waals surface area contributed by atoms with E-state index in [-0.39, 0.29) is 0 Å². The fraction of sp³-hybridized carbons (Fsp3) is 0. The minimum Gasteiger partial charge on any atom is -0.259 e. The summed E-state index contributed by atoms with van der Waals surface area (Å²) >= 11 is 0. The Balaban J connectivity index is 2.46. The van der Waals surface area contributed by atoms with Crippen LogP contribution in [0.1, 0.15) is 0 Å². The number of hydrogen-bond donors (Lipinski definition) is 0. The highest BCUT2D eigenvalue weighted by Gasteiger charge is 1.94. The molecule has 11 heavy (non-hydrogen) atoms. The van der Waals surface area contributed by atoms with Crippen molar-refractivity contribution in [2.75, 3.05) is 0 Å². The second kappa shape index (κ2) is 2.45. The van der Waals surface area contributed by atoms with E-state index in [1.807, 2.05) is 0 Å². The summed E-state index contributed by atoms with van der Waals surface area (Å²) in [6, 6.07) is 0. The van der Waals surface area contributed by atoms with Gasteiger partial charge in [-0.25, -0.2) is 9.67 Å². The zero-order valence-corrected chi connectivity index (χ0v) is 5.62. The lowest BCUT2D eigenvalue weighted by atomic mass is 10.6. The van der Waals surface area contributed by atoms with Crippen LogP contribution in [0.25, 0.3) is 5.82 Å². The Morgan fingerprint density at radius 1 is 1.18 bits per heavy atom. The van der Waals surface area contributed by atoms with Crippen LogP contribution in [-0.2, 0) is 0 Å². The summed E-state index contributed by atoms with van der Waals surface area (Å²) in [5.74, 6) is 0.671.